The van der Waals surface area contributed by atoms with Gasteiger partial charge in [-0.05, 0) is 49.7 Å². The van der Waals surface area contributed by atoms with Crippen molar-refractivity contribution in [2.75, 3.05) is 0 Å². The van der Waals surface area contributed by atoms with E-state index in [-0.39, 0.29) is 18.6 Å². The van der Waals surface area contributed by atoms with Crippen molar-refractivity contribution < 1.29 is 24.6 Å². The molecule has 0 saturated carbocycles. The number of allylic oxidation sites excluding steroid dienone is 4. The minimum atomic E-state index is -0.809. The number of carbonyl (C=O) groups excluding carboxylic acids is 1. The standard InChI is InChI=1S/C29H40O5/c1-28(21-26(31)32,23-13-5-3-6-14-23)19-11-9-17-25(30)18-10-12-20-29(2,22-27(33)34)24-15-7-4-8-16-24/h3,5-7,13-16H,4,8-12,17-22H2,1-2H3,(H,31,32)(H,33,34). The molecule has 2 N–H and O–H groups in total. The molecule has 0 heterocycles. The first-order chi connectivity index (χ1) is 16.1. The lowest BCUT2D eigenvalue weighted by Crippen LogP contribution is -2.25. The van der Waals surface area contributed by atoms with Crippen molar-refractivity contribution in [1.82, 2.24) is 0 Å². The van der Waals surface area contributed by atoms with Crippen molar-refractivity contribution >= 4 is 17.7 Å². The van der Waals surface area contributed by atoms with E-state index in [1.165, 1.54) is 0 Å². The Kier molecular flexibility index (Phi) is 10.7. The Labute approximate surface area is 204 Å². The van der Waals surface area contributed by atoms with E-state index in [2.05, 4.69) is 18.2 Å². The molecule has 1 aromatic carbocycles. The molecule has 1 aromatic rings. The molecule has 1 aliphatic carbocycles. The molecular formula is C29H40O5. The van der Waals surface area contributed by atoms with Crippen LogP contribution in [0.5, 0.6) is 0 Å². The maximum atomic E-state index is 12.4. The number of Topliss-reactive ketones (excluding diaryl/α,β-unsaturated/α-hetero) is 1. The van der Waals surface area contributed by atoms with Crippen LogP contribution in [-0.2, 0) is 19.8 Å². The number of ketones is 1. The smallest absolute Gasteiger partial charge is 0.304 e. The molecule has 0 spiro atoms. The fourth-order valence-corrected chi connectivity index (χ4v) is 5.04. The number of carboxylic acids is 2. The zero-order valence-corrected chi connectivity index (χ0v) is 20.7. The van der Waals surface area contributed by atoms with Gasteiger partial charge in [0.1, 0.15) is 5.78 Å². The van der Waals surface area contributed by atoms with Crippen molar-refractivity contribution in [3.63, 3.8) is 0 Å². The minimum absolute atomic E-state index is 0.0751. The summed E-state index contributed by atoms with van der Waals surface area (Å²) in [5.74, 6) is -1.36. The Morgan fingerprint density at radius 1 is 0.794 bits per heavy atom. The first kappa shape index (κ1) is 27.6. The summed E-state index contributed by atoms with van der Waals surface area (Å²) in [5.41, 5.74) is 1.30. The third-order valence-electron chi connectivity index (χ3n) is 7.11. The molecule has 0 saturated heterocycles. The molecule has 5 nitrogen and oxygen atoms in total. The number of hydrogen-bond acceptors (Lipinski definition) is 3. The van der Waals surface area contributed by atoms with Crippen LogP contribution in [0.15, 0.2) is 54.1 Å². The Balaban J connectivity index is 1.75. The normalized spacial score (nSPS) is 16.8. The van der Waals surface area contributed by atoms with E-state index in [1.807, 2.05) is 44.2 Å². The average molecular weight is 469 g/mol. The summed E-state index contributed by atoms with van der Waals surface area (Å²) in [4.78, 5) is 35.2. The molecule has 2 unspecified atom stereocenters. The maximum absolute atomic E-state index is 12.4. The predicted octanol–water partition coefficient (Wildman–Crippen LogP) is 6.87. The van der Waals surface area contributed by atoms with Crippen molar-refractivity contribution in [2.45, 2.75) is 96.3 Å². The zero-order chi connectivity index (χ0) is 25.0. The number of hydrogen-bond donors (Lipinski definition) is 2. The Bertz CT molecular complexity index is 885. The second kappa shape index (κ2) is 13.3. The minimum Gasteiger partial charge on any atom is -0.481 e. The van der Waals surface area contributed by atoms with Crippen LogP contribution in [0.3, 0.4) is 0 Å². The molecule has 0 radical (unpaired) electrons. The fourth-order valence-electron chi connectivity index (χ4n) is 5.04. The zero-order valence-electron chi connectivity index (χ0n) is 20.7. The highest BCUT2D eigenvalue weighted by Crippen LogP contribution is 2.39. The molecule has 2 atom stereocenters. The SMILES string of the molecule is CC(CCCCC(=O)CCCCC(C)(CC(=O)O)c1ccccc1)(CC(=O)O)C1=CCCC=C1. The van der Waals surface area contributed by atoms with Crippen molar-refractivity contribution in [2.24, 2.45) is 5.41 Å². The molecule has 0 fully saturated rings. The van der Waals surface area contributed by atoms with E-state index in [4.69, 9.17) is 0 Å². The monoisotopic (exact) mass is 468 g/mol. The van der Waals surface area contributed by atoms with E-state index >= 15 is 0 Å². The number of aliphatic carboxylic acids is 2. The van der Waals surface area contributed by atoms with Gasteiger partial charge in [0, 0.05) is 23.7 Å². The van der Waals surface area contributed by atoms with E-state index < -0.39 is 22.8 Å². The van der Waals surface area contributed by atoms with Crippen LogP contribution in [0, 0.1) is 5.41 Å². The van der Waals surface area contributed by atoms with Crippen LogP contribution in [0.1, 0.15) is 96.5 Å². The third-order valence-corrected chi connectivity index (χ3v) is 7.11. The summed E-state index contributed by atoms with van der Waals surface area (Å²) >= 11 is 0. The van der Waals surface area contributed by atoms with Crippen LogP contribution in [0.4, 0.5) is 0 Å². The fraction of sp³-hybridized carbons (Fsp3) is 0.552. The third kappa shape index (κ3) is 8.92. The van der Waals surface area contributed by atoms with Crippen LogP contribution in [-0.4, -0.2) is 27.9 Å². The van der Waals surface area contributed by atoms with Gasteiger partial charge in [0.2, 0.25) is 0 Å². The van der Waals surface area contributed by atoms with Gasteiger partial charge < -0.3 is 10.2 Å². The van der Waals surface area contributed by atoms with Crippen LogP contribution in [0.2, 0.25) is 0 Å². The number of carboxylic acid groups (broad SMARTS) is 2. The van der Waals surface area contributed by atoms with Gasteiger partial charge in [0.15, 0.2) is 0 Å². The highest BCUT2D eigenvalue weighted by atomic mass is 16.4. The van der Waals surface area contributed by atoms with Gasteiger partial charge in [-0.3, -0.25) is 14.4 Å². The van der Waals surface area contributed by atoms with E-state index in [0.717, 1.165) is 62.5 Å². The Morgan fingerprint density at radius 2 is 1.35 bits per heavy atom. The largest absolute Gasteiger partial charge is 0.481 e. The summed E-state index contributed by atoms with van der Waals surface area (Å²) < 4.78 is 0. The summed E-state index contributed by atoms with van der Waals surface area (Å²) in [7, 11) is 0. The highest BCUT2D eigenvalue weighted by molar-refractivity contribution is 5.78. The number of unbranched alkanes of at least 4 members (excludes halogenated alkanes) is 2. The molecule has 186 valence electrons. The van der Waals surface area contributed by atoms with Gasteiger partial charge in [-0.25, -0.2) is 0 Å². The Morgan fingerprint density at radius 3 is 1.88 bits per heavy atom. The lowest BCUT2D eigenvalue weighted by atomic mass is 9.73. The highest BCUT2D eigenvalue weighted by Gasteiger charge is 2.31. The van der Waals surface area contributed by atoms with E-state index in [0.29, 0.717) is 12.8 Å². The summed E-state index contributed by atoms with van der Waals surface area (Å²) in [5, 5.41) is 18.8. The molecule has 1 aliphatic rings. The second-order valence-electron chi connectivity index (χ2n) is 10.2. The van der Waals surface area contributed by atoms with Crippen LogP contribution >= 0.6 is 0 Å². The van der Waals surface area contributed by atoms with Gasteiger partial charge in [0.05, 0.1) is 12.8 Å². The first-order valence-electron chi connectivity index (χ1n) is 12.5. The maximum Gasteiger partial charge on any atom is 0.304 e. The molecule has 0 amide bonds. The number of rotatable bonds is 16. The van der Waals surface area contributed by atoms with Crippen molar-refractivity contribution in [3.8, 4) is 0 Å². The topological polar surface area (TPSA) is 91.7 Å². The molecule has 0 bridgehead atoms. The molecular weight excluding hydrogens is 428 g/mol. The molecule has 0 aliphatic heterocycles. The van der Waals surface area contributed by atoms with Gasteiger partial charge in [0.25, 0.3) is 0 Å². The molecule has 5 heteroatoms. The average Bonchev–Trinajstić information content (AvgIpc) is 2.80. The lowest BCUT2D eigenvalue weighted by Gasteiger charge is -2.31. The number of benzene rings is 1. The van der Waals surface area contributed by atoms with Crippen LogP contribution < -0.4 is 0 Å². The molecule has 0 aromatic heterocycles. The lowest BCUT2D eigenvalue weighted by molar-refractivity contribution is -0.139. The predicted molar refractivity (Wildman–Crippen MR) is 135 cm³/mol. The van der Waals surface area contributed by atoms with Crippen LogP contribution in [0.25, 0.3) is 0 Å². The second-order valence-corrected chi connectivity index (χ2v) is 10.2. The van der Waals surface area contributed by atoms with E-state index in [1.54, 1.807) is 0 Å². The molecule has 2 rings (SSSR count). The van der Waals surface area contributed by atoms with Gasteiger partial charge in [-0.1, -0.05) is 75.2 Å². The van der Waals surface area contributed by atoms with Gasteiger partial charge in [-0.2, -0.15) is 0 Å². The summed E-state index contributed by atoms with van der Waals surface area (Å²) in [6, 6.07) is 9.75. The quantitative estimate of drug-likeness (QED) is 0.258. The first-order valence-corrected chi connectivity index (χ1v) is 12.5. The van der Waals surface area contributed by atoms with Crippen molar-refractivity contribution in [3.05, 3.63) is 59.7 Å². The summed E-state index contributed by atoms with van der Waals surface area (Å²) in [6.45, 7) is 4.01. The van der Waals surface area contributed by atoms with Gasteiger partial charge in [-0.15, -0.1) is 0 Å². The molecule has 34 heavy (non-hydrogen) atoms. The van der Waals surface area contributed by atoms with Gasteiger partial charge >= 0.3 is 11.9 Å². The Hall–Kier alpha value is -2.69. The van der Waals surface area contributed by atoms with E-state index in [9.17, 15) is 24.6 Å². The summed E-state index contributed by atoms with van der Waals surface area (Å²) in [6.07, 6.45) is 14.1. The van der Waals surface area contributed by atoms with Crippen molar-refractivity contribution in [1.29, 1.82) is 0 Å². The number of carbonyl (C=O) groups is 3.